The number of methoxy groups -OCH3 is 1. The molecule has 0 saturated heterocycles. The molecule has 0 spiro atoms. The molecule has 0 N–H and O–H groups in total. The molecule has 1 aliphatic rings. The summed E-state index contributed by atoms with van der Waals surface area (Å²) in [5.74, 6) is 0.375. The highest BCUT2D eigenvalue weighted by atomic mass is 79.9. The van der Waals surface area contributed by atoms with E-state index < -0.39 is 0 Å². The lowest BCUT2D eigenvalue weighted by atomic mass is 9.95. The fourth-order valence-electron chi connectivity index (χ4n) is 1.97. The van der Waals surface area contributed by atoms with Crippen molar-refractivity contribution < 1.29 is 14.3 Å². The number of rotatable bonds is 2. The maximum atomic E-state index is 11.5. The Morgan fingerprint density at radius 3 is 3.06 bits per heavy atom. The first-order chi connectivity index (χ1) is 8.17. The number of halogens is 1. The molecule has 1 heterocycles. The molecule has 1 aromatic carbocycles. The normalized spacial score (nSPS) is 17.9. The highest BCUT2D eigenvalue weighted by molar-refractivity contribution is 9.10. The second kappa shape index (κ2) is 4.92. The lowest BCUT2D eigenvalue weighted by Crippen LogP contribution is -2.29. The average Bonchev–Trinajstić information content (AvgIpc) is 2.37. The van der Waals surface area contributed by atoms with E-state index in [9.17, 15) is 4.79 Å². The molecule has 0 amide bonds. The maximum absolute atomic E-state index is 11.5. The predicted octanol–water partition coefficient (Wildman–Crippen LogP) is 2.82. The third-order valence-electron chi connectivity index (χ3n) is 2.86. The quantitative estimate of drug-likeness (QED) is 0.787. The molecule has 1 atom stereocenters. The molecule has 0 aliphatic carbocycles. The molecular formula is C13H13BrO3. The van der Waals surface area contributed by atoms with Crippen molar-refractivity contribution in [3.05, 3.63) is 34.3 Å². The van der Waals surface area contributed by atoms with Gasteiger partial charge in [0.2, 0.25) is 0 Å². The van der Waals surface area contributed by atoms with Gasteiger partial charge in [-0.05, 0) is 18.1 Å². The van der Waals surface area contributed by atoms with Gasteiger partial charge in [-0.15, -0.1) is 0 Å². The number of fused-ring (bicyclic) bond motifs is 1. The molecule has 0 radical (unpaired) electrons. The molecule has 1 unspecified atom stereocenters. The van der Waals surface area contributed by atoms with Crippen molar-refractivity contribution in [3.8, 4) is 5.75 Å². The van der Waals surface area contributed by atoms with Crippen molar-refractivity contribution in [2.75, 3.05) is 13.7 Å². The third kappa shape index (κ3) is 2.22. The van der Waals surface area contributed by atoms with Gasteiger partial charge in [-0.25, -0.2) is 0 Å². The zero-order valence-corrected chi connectivity index (χ0v) is 11.1. The summed E-state index contributed by atoms with van der Waals surface area (Å²) in [5, 5.41) is 0. The fraction of sp³-hybridized carbons (Fsp3) is 0.308. The van der Waals surface area contributed by atoms with Crippen molar-refractivity contribution >= 4 is 28.0 Å². The fourth-order valence-corrected chi connectivity index (χ4v) is 2.44. The second-order valence-electron chi connectivity index (χ2n) is 3.89. The van der Waals surface area contributed by atoms with Gasteiger partial charge in [-0.3, -0.25) is 4.79 Å². The van der Waals surface area contributed by atoms with Crippen LogP contribution in [0.25, 0.3) is 6.08 Å². The van der Waals surface area contributed by atoms with Crippen molar-refractivity contribution in [2.24, 2.45) is 5.92 Å². The number of carbonyl (C=O) groups is 1. The highest BCUT2D eigenvalue weighted by Crippen LogP contribution is 2.36. The molecule has 17 heavy (non-hydrogen) atoms. The summed E-state index contributed by atoms with van der Waals surface area (Å²) in [6.45, 7) is 4.13. The molecule has 90 valence electrons. The second-order valence-corrected chi connectivity index (χ2v) is 4.74. The number of carbonyl (C=O) groups excluding carboxylic acids is 1. The van der Waals surface area contributed by atoms with Crippen LogP contribution in [0.2, 0.25) is 0 Å². The first-order valence-electron chi connectivity index (χ1n) is 5.31. The molecule has 0 fully saturated rings. The van der Waals surface area contributed by atoms with Crippen molar-refractivity contribution in [2.45, 2.75) is 6.42 Å². The van der Waals surface area contributed by atoms with Crippen LogP contribution in [0.4, 0.5) is 0 Å². The summed E-state index contributed by atoms with van der Waals surface area (Å²) >= 11 is 3.45. The van der Waals surface area contributed by atoms with Crippen LogP contribution in [0.3, 0.4) is 0 Å². The van der Waals surface area contributed by atoms with Crippen LogP contribution in [-0.2, 0) is 16.0 Å². The van der Waals surface area contributed by atoms with Gasteiger partial charge in [-0.1, -0.05) is 34.7 Å². The minimum absolute atomic E-state index is 0.216. The molecule has 4 heteroatoms. The van der Waals surface area contributed by atoms with E-state index in [1.165, 1.54) is 7.11 Å². The van der Waals surface area contributed by atoms with Gasteiger partial charge < -0.3 is 9.47 Å². The van der Waals surface area contributed by atoms with Crippen LogP contribution in [-0.4, -0.2) is 19.7 Å². The Hall–Kier alpha value is -1.29. The predicted molar refractivity (Wildman–Crippen MR) is 68.9 cm³/mol. The summed E-state index contributed by atoms with van der Waals surface area (Å²) in [7, 11) is 1.40. The highest BCUT2D eigenvalue weighted by Gasteiger charge is 2.28. The number of hydrogen-bond acceptors (Lipinski definition) is 3. The van der Waals surface area contributed by atoms with Gasteiger partial charge >= 0.3 is 5.97 Å². The van der Waals surface area contributed by atoms with E-state index in [0.717, 1.165) is 21.3 Å². The van der Waals surface area contributed by atoms with E-state index in [2.05, 4.69) is 22.5 Å². The monoisotopic (exact) mass is 296 g/mol. The standard InChI is InChI=1S/C13H13BrO3/c1-3-10-11(14)5-4-8-6-9(13(15)16-2)7-17-12(8)10/h3-5,9H,1,6-7H2,2H3. The van der Waals surface area contributed by atoms with Gasteiger partial charge in [0.1, 0.15) is 12.4 Å². The molecule has 0 aromatic heterocycles. The van der Waals surface area contributed by atoms with Crippen molar-refractivity contribution in [3.63, 3.8) is 0 Å². The Morgan fingerprint density at radius 1 is 1.65 bits per heavy atom. The molecule has 0 saturated carbocycles. The molecule has 3 nitrogen and oxygen atoms in total. The van der Waals surface area contributed by atoms with Crippen LogP contribution in [0.15, 0.2) is 23.2 Å². The minimum Gasteiger partial charge on any atom is -0.492 e. The van der Waals surface area contributed by atoms with Crippen molar-refractivity contribution in [1.29, 1.82) is 0 Å². The van der Waals surface area contributed by atoms with Crippen LogP contribution in [0.1, 0.15) is 11.1 Å². The summed E-state index contributed by atoms with van der Waals surface area (Å²) in [5.41, 5.74) is 1.95. The zero-order valence-electron chi connectivity index (χ0n) is 9.53. The number of benzene rings is 1. The first kappa shape index (κ1) is 12.2. The van der Waals surface area contributed by atoms with E-state index in [4.69, 9.17) is 9.47 Å². The smallest absolute Gasteiger partial charge is 0.312 e. The van der Waals surface area contributed by atoms with Crippen LogP contribution in [0.5, 0.6) is 5.75 Å². The first-order valence-corrected chi connectivity index (χ1v) is 6.11. The zero-order chi connectivity index (χ0) is 12.4. The lowest BCUT2D eigenvalue weighted by Gasteiger charge is -2.25. The Balaban J connectivity index is 2.34. The van der Waals surface area contributed by atoms with E-state index in [0.29, 0.717) is 13.0 Å². The molecule has 1 aromatic rings. The Morgan fingerprint density at radius 2 is 2.41 bits per heavy atom. The summed E-state index contributed by atoms with van der Waals surface area (Å²) in [4.78, 5) is 11.5. The number of esters is 1. The van der Waals surface area contributed by atoms with E-state index in [1.807, 2.05) is 12.1 Å². The maximum Gasteiger partial charge on any atom is 0.312 e. The van der Waals surface area contributed by atoms with Gasteiger partial charge in [0.25, 0.3) is 0 Å². The Labute approximate surface area is 109 Å². The largest absolute Gasteiger partial charge is 0.492 e. The van der Waals surface area contributed by atoms with E-state index >= 15 is 0 Å². The Bertz CT molecular complexity index is 468. The summed E-state index contributed by atoms with van der Waals surface area (Å²) < 4.78 is 11.3. The number of ether oxygens (including phenoxy) is 2. The third-order valence-corrected chi connectivity index (χ3v) is 3.55. The molecular weight excluding hydrogens is 284 g/mol. The van der Waals surface area contributed by atoms with Gasteiger partial charge in [-0.2, -0.15) is 0 Å². The summed E-state index contributed by atoms with van der Waals surface area (Å²) in [6, 6.07) is 3.90. The Kier molecular flexibility index (Phi) is 3.52. The van der Waals surface area contributed by atoms with E-state index in [-0.39, 0.29) is 11.9 Å². The van der Waals surface area contributed by atoms with E-state index in [1.54, 1.807) is 6.08 Å². The number of hydrogen-bond donors (Lipinski definition) is 0. The SMILES string of the molecule is C=Cc1c(Br)ccc2c1OCC(C(=O)OC)C2. The van der Waals surface area contributed by atoms with Crippen LogP contribution in [0, 0.1) is 5.92 Å². The van der Waals surface area contributed by atoms with Crippen LogP contribution >= 0.6 is 15.9 Å². The molecule has 0 bridgehead atoms. The summed E-state index contributed by atoms with van der Waals surface area (Å²) in [6.07, 6.45) is 2.40. The van der Waals surface area contributed by atoms with Gasteiger partial charge in [0.05, 0.1) is 13.0 Å². The minimum atomic E-state index is -0.223. The van der Waals surface area contributed by atoms with Crippen LogP contribution < -0.4 is 4.74 Å². The van der Waals surface area contributed by atoms with Gasteiger partial charge in [0, 0.05) is 10.0 Å². The van der Waals surface area contributed by atoms with Gasteiger partial charge in [0.15, 0.2) is 0 Å². The topological polar surface area (TPSA) is 35.5 Å². The molecule has 1 aliphatic heterocycles. The lowest BCUT2D eigenvalue weighted by molar-refractivity contribution is -0.146. The molecule has 2 rings (SSSR count). The van der Waals surface area contributed by atoms with Crippen molar-refractivity contribution in [1.82, 2.24) is 0 Å². The average molecular weight is 297 g/mol.